The Morgan fingerprint density at radius 3 is 2.62 bits per heavy atom. The highest BCUT2D eigenvalue weighted by Gasteiger charge is 2.15. The number of nitrogens with zero attached hydrogens (tertiary/aromatic N) is 2. The molecule has 1 aromatic rings. The van der Waals surface area contributed by atoms with Crippen LogP contribution < -0.4 is 10.5 Å². The smallest absolute Gasteiger partial charge is 0.216 e. The Labute approximate surface area is 97.2 Å². The van der Waals surface area contributed by atoms with Crippen molar-refractivity contribution in [2.24, 2.45) is 11.1 Å². The average molecular weight is 223 g/mol. The van der Waals surface area contributed by atoms with Gasteiger partial charge in [0.2, 0.25) is 5.88 Å². The summed E-state index contributed by atoms with van der Waals surface area (Å²) in [5.74, 6) is 0.566. The summed E-state index contributed by atoms with van der Waals surface area (Å²) in [5, 5.41) is 0. The van der Waals surface area contributed by atoms with Gasteiger partial charge >= 0.3 is 0 Å². The second-order valence-corrected chi connectivity index (χ2v) is 5.19. The Balaban J connectivity index is 2.62. The Bertz CT molecular complexity index is 333. The van der Waals surface area contributed by atoms with Crippen molar-refractivity contribution in [3.05, 3.63) is 18.1 Å². The van der Waals surface area contributed by atoms with Crippen LogP contribution in [0.15, 0.2) is 12.4 Å². The van der Waals surface area contributed by atoms with E-state index < -0.39 is 0 Å². The van der Waals surface area contributed by atoms with Crippen molar-refractivity contribution in [1.29, 1.82) is 0 Å². The van der Waals surface area contributed by atoms with Gasteiger partial charge in [-0.15, -0.1) is 0 Å². The molecule has 1 rings (SSSR count). The number of aromatic nitrogens is 2. The molecule has 2 N–H and O–H groups in total. The van der Waals surface area contributed by atoms with Crippen molar-refractivity contribution in [2.45, 2.75) is 39.7 Å². The molecule has 1 aromatic heterocycles. The number of nitrogens with two attached hydrogens (primary N) is 1. The van der Waals surface area contributed by atoms with Crippen LogP contribution in [0.2, 0.25) is 0 Å². The quantitative estimate of drug-likeness (QED) is 0.851. The van der Waals surface area contributed by atoms with E-state index >= 15 is 0 Å². The molecule has 0 fully saturated rings. The van der Waals surface area contributed by atoms with Crippen LogP contribution in [0.3, 0.4) is 0 Å². The zero-order chi connectivity index (χ0) is 12.2. The Hall–Kier alpha value is -1.16. The topological polar surface area (TPSA) is 61.0 Å². The maximum absolute atomic E-state index is 6.08. The third-order valence-electron chi connectivity index (χ3n) is 2.46. The summed E-state index contributed by atoms with van der Waals surface area (Å²) < 4.78 is 5.04. The molecule has 1 unspecified atom stereocenters. The van der Waals surface area contributed by atoms with Gasteiger partial charge in [-0.1, -0.05) is 20.8 Å². The SMILES string of the molecule is COc1cc(C(N)CCC(C)(C)C)ncn1. The maximum Gasteiger partial charge on any atom is 0.216 e. The van der Waals surface area contributed by atoms with Gasteiger partial charge in [-0.25, -0.2) is 9.97 Å². The molecule has 90 valence electrons. The summed E-state index contributed by atoms with van der Waals surface area (Å²) in [6.07, 6.45) is 3.48. The molecule has 0 spiro atoms. The van der Waals surface area contributed by atoms with Gasteiger partial charge in [-0.3, -0.25) is 0 Å². The van der Waals surface area contributed by atoms with E-state index in [1.165, 1.54) is 6.33 Å². The fraction of sp³-hybridized carbons (Fsp3) is 0.667. The standard InChI is InChI=1S/C12H21N3O/c1-12(2,3)6-5-9(13)10-7-11(16-4)15-8-14-10/h7-9H,5-6,13H2,1-4H3. The fourth-order valence-electron chi connectivity index (χ4n) is 1.40. The van der Waals surface area contributed by atoms with E-state index in [2.05, 4.69) is 30.7 Å². The summed E-state index contributed by atoms with van der Waals surface area (Å²) >= 11 is 0. The number of ether oxygens (including phenoxy) is 1. The zero-order valence-corrected chi connectivity index (χ0v) is 10.5. The fourth-order valence-corrected chi connectivity index (χ4v) is 1.40. The van der Waals surface area contributed by atoms with Gasteiger partial charge in [0, 0.05) is 12.1 Å². The molecule has 4 nitrogen and oxygen atoms in total. The molecule has 16 heavy (non-hydrogen) atoms. The van der Waals surface area contributed by atoms with Crippen LogP contribution in [0.4, 0.5) is 0 Å². The predicted octanol–water partition coefficient (Wildman–Crippen LogP) is 2.31. The molecule has 0 aliphatic rings. The van der Waals surface area contributed by atoms with Crippen LogP contribution in [0.25, 0.3) is 0 Å². The molecule has 0 aromatic carbocycles. The van der Waals surface area contributed by atoms with Crippen molar-refractivity contribution >= 4 is 0 Å². The van der Waals surface area contributed by atoms with Gasteiger partial charge in [-0.2, -0.15) is 0 Å². The van der Waals surface area contributed by atoms with Gasteiger partial charge in [0.05, 0.1) is 12.8 Å². The second-order valence-electron chi connectivity index (χ2n) is 5.19. The van der Waals surface area contributed by atoms with E-state index in [1.54, 1.807) is 13.2 Å². The summed E-state index contributed by atoms with van der Waals surface area (Å²) in [6, 6.07) is 1.75. The van der Waals surface area contributed by atoms with E-state index in [4.69, 9.17) is 10.5 Å². The monoisotopic (exact) mass is 223 g/mol. The van der Waals surface area contributed by atoms with E-state index in [9.17, 15) is 0 Å². The van der Waals surface area contributed by atoms with Crippen LogP contribution in [0, 0.1) is 5.41 Å². The maximum atomic E-state index is 6.08. The first kappa shape index (κ1) is 12.9. The largest absolute Gasteiger partial charge is 0.481 e. The molecule has 0 radical (unpaired) electrons. The van der Waals surface area contributed by atoms with E-state index in [1.807, 2.05) is 0 Å². The molecular weight excluding hydrogens is 202 g/mol. The molecule has 0 bridgehead atoms. The first-order valence-electron chi connectivity index (χ1n) is 5.54. The Kier molecular flexibility index (Phi) is 4.24. The van der Waals surface area contributed by atoms with Crippen LogP contribution in [-0.2, 0) is 0 Å². The highest BCUT2D eigenvalue weighted by molar-refractivity contribution is 5.16. The summed E-state index contributed by atoms with van der Waals surface area (Å²) in [5.41, 5.74) is 7.22. The first-order valence-corrected chi connectivity index (χ1v) is 5.54. The van der Waals surface area contributed by atoms with Crippen LogP contribution in [-0.4, -0.2) is 17.1 Å². The number of methoxy groups -OCH3 is 1. The molecule has 0 aliphatic heterocycles. The lowest BCUT2D eigenvalue weighted by Crippen LogP contribution is -2.16. The van der Waals surface area contributed by atoms with Crippen molar-refractivity contribution in [3.63, 3.8) is 0 Å². The summed E-state index contributed by atoms with van der Waals surface area (Å²) in [7, 11) is 1.59. The summed E-state index contributed by atoms with van der Waals surface area (Å²) in [4.78, 5) is 8.13. The Morgan fingerprint density at radius 2 is 2.06 bits per heavy atom. The molecule has 0 amide bonds. The van der Waals surface area contributed by atoms with Crippen LogP contribution in [0.1, 0.15) is 45.3 Å². The minimum Gasteiger partial charge on any atom is -0.481 e. The first-order chi connectivity index (χ1) is 7.42. The Morgan fingerprint density at radius 1 is 1.38 bits per heavy atom. The average Bonchev–Trinajstić information content (AvgIpc) is 2.25. The molecule has 0 aliphatic carbocycles. The lowest BCUT2D eigenvalue weighted by atomic mass is 9.88. The minimum absolute atomic E-state index is 0.0453. The summed E-state index contributed by atoms with van der Waals surface area (Å²) in [6.45, 7) is 6.63. The lowest BCUT2D eigenvalue weighted by molar-refractivity contribution is 0.347. The van der Waals surface area contributed by atoms with Gasteiger partial charge in [0.15, 0.2) is 0 Å². The number of rotatable bonds is 4. The van der Waals surface area contributed by atoms with Crippen molar-refractivity contribution in [2.75, 3.05) is 7.11 Å². The predicted molar refractivity (Wildman–Crippen MR) is 64.2 cm³/mol. The lowest BCUT2D eigenvalue weighted by Gasteiger charge is -2.20. The molecule has 1 atom stereocenters. The van der Waals surface area contributed by atoms with Gasteiger partial charge in [-0.05, 0) is 18.3 Å². The third-order valence-corrected chi connectivity index (χ3v) is 2.46. The van der Waals surface area contributed by atoms with Gasteiger partial charge in [0.25, 0.3) is 0 Å². The van der Waals surface area contributed by atoms with E-state index in [0.29, 0.717) is 11.3 Å². The normalized spacial score (nSPS) is 13.6. The minimum atomic E-state index is -0.0453. The van der Waals surface area contributed by atoms with Crippen molar-refractivity contribution in [3.8, 4) is 5.88 Å². The number of hydrogen-bond acceptors (Lipinski definition) is 4. The molecular formula is C12H21N3O. The zero-order valence-electron chi connectivity index (χ0n) is 10.5. The molecule has 0 saturated carbocycles. The second kappa shape index (κ2) is 5.25. The third kappa shape index (κ3) is 4.14. The van der Waals surface area contributed by atoms with Crippen molar-refractivity contribution < 1.29 is 4.74 Å². The van der Waals surface area contributed by atoms with Gasteiger partial charge in [0.1, 0.15) is 6.33 Å². The van der Waals surface area contributed by atoms with E-state index in [-0.39, 0.29) is 6.04 Å². The molecule has 1 heterocycles. The number of hydrogen-bond donors (Lipinski definition) is 1. The highest BCUT2D eigenvalue weighted by atomic mass is 16.5. The van der Waals surface area contributed by atoms with Crippen LogP contribution >= 0.6 is 0 Å². The molecule has 0 saturated heterocycles. The highest BCUT2D eigenvalue weighted by Crippen LogP contribution is 2.25. The molecule has 4 heteroatoms. The van der Waals surface area contributed by atoms with E-state index in [0.717, 1.165) is 18.5 Å². The van der Waals surface area contributed by atoms with Crippen LogP contribution in [0.5, 0.6) is 5.88 Å². The van der Waals surface area contributed by atoms with Crippen molar-refractivity contribution in [1.82, 2.24) is 9.97 Å². The van der Waals surface area contributed by atoms with Gasteiger partial charge < -0.3 is 10.5 Å².